The molecule has 0 aliphatic rings. The molecule has 0 bridgehead atoms. The Morgan fingerprint density at radius 3 is 3.11 bits per heavy atom. The topological polar surface area (TPSA) is 46.9 Å². The van der Waals surface area contributed by atoms with Gasteiger partial charge < -0.3 is 5.32 Å². The maximum Gasteiger partial charge on any atom is 0.287 e. The highest BCUT2D eigenvalue weighted by Gasteiger charge is 2.07. The summed E-state index contributed by atoms with van der Waals surface area (Å²) in [5.41, 5.74) is 0.329. The van der Waals surface area contributed by atoms with E-state index < -0.39 is 0 Å². The molecule has 1 heterocycles. The molecular weight excluding hydrogens is 270 g/mol. The highest BCUT2D eigenvalue weighted by atomic mass is 35.5. The molecule has 1 aromatic heterocycles. The van der Waals surface area contributed by atoms with Gasteiger partial charge in [-0.05, 0) is 6.42 Å². The largest absolute Gasteiger partial charge is 0.382 e. The minimum Gasteiger partial charge on any atom is -0.382 e. The summed E-state index contributed by atoms with van der Waals surface area (Å²) in [5.74, 6) is 4.10. The van der Waals surface area contributed by atoms with E-state index >= 15 is 0 Å². The van der Waals surface area contributed by atoms with Gasteiger partial charge in [-0.1, -0.05) is 24.4 Å². The number of hydrogen-bond donors (Lipinski definition) is 1. The second-order valence-corrected chi connectivity index (χ2v) is 5.07. The third-order valence-electron chi connectivity index (χ3n) is 2.17. The Bertz CT molecular complexity index is 481. The maximum atomic E-state index is 11.8. The van der Waals surface area contributed by atoms with Gasteiger partial charge in [-0.2, -0.15) is 5.10 Å². The van der Waals surface area contributed by atoms with Crippen molar-refractivity contribution in [3.05, 3.63) is 21.6 Å². The van der Waals surface area contributed by atoms with Crippen molar-refractivity contribution in [1.82, 2.24) is 9.78 Å². The van der Waals surface area contributed by atoms with Gasteiger partial charge in [0.15, 0.2) is 0 Å². The van der Waals surface area contributed by atoms with Crippen LogP contribution in [-0.4, -0.2) is 27.8 Å². The molecule has 6 heteroatoms. The SMILES string of the molecule is C#CCSCCNc1cnn(CCC)c(=O)c1Cl. The molecule has 0 unspecified atom stereocenters. The van der Waals surface area contributed by atoms with E-state index in [1.54, 1.807) is 18.0 Å². The summed E-state index contributed by atoms with van der Waals surface area (Å²) in [6, 6.07) is 0. The number of hydrogen-bond acceptors (Lipinski definition) is 4. The van der Waals surface area contributed by atoms with Crippen LogP contribution in [0.3, 0.4) is 0 Å². The molecule has 1 aromatic rings. The third kappa shape index (κ3) is 4.28. The van der Waals surface area contributed by atoms with E-state index in [1.165, 1.54) is 4.68 Å². The van der Waals surface area contributed by atoms with Gasteiger partial charge in [0.1, 0.15) is 5.02 Å². The number of nitrogens with zero attached hydrogens (tertiary/aromatic N) is 2. The summed E-state index contributed by atoms with van der Waals surface area (Å²) in [6.07, 6.45) is 7.58. The number of aryl methyl sites for hydroxylation is 1. The van der Waals surface area contributed by atoms with Crippen molar-refractivity contribution in [1.29, 1.82) is 0 Å². The number of anilines is 1. The van der Waals surface area contributed by atoms with Crippen LogP contribution in [0.4, 0.5) is 5.69 Å². The Morgan fingerprint density at radius 1 is 1.67 bits per heavy atom. The number of aromatic nitrogens is 2. The van der Waals surface area contributed by atoms with Crippen molar-refractivity contribution in [2.45, 2.75) is 19.9 Å². The van der Waals surface area contributed by atoms with Crippen molar-refractivity contribution < 1.29 is 0 Å². The second kappa shape index (κ2) is 8.06. The molecule has 0 aliphatic carbocycles. The molecule has 0 aliphatic heterocycles. The predicted octanol–water partition coefficient (Wildman–Crippen LogP) is 2.08. The molecule has 0 spiro atoms. The average molecular weight is 286 g/mol. The summed E-state index contributed by atoms with van der Waals surface area (Å²) < 4.78 is 1.38. The predicted molar refractivity (Wildman–Crippen MR) is 78.4 cm³/mol. The first-order valence-electron chi connectivity index (χ1n) is 5.71. The molecule has 18 heavy (non-hydrogen) atoms. The lowest BCUT2D eigenvalue weighted by atomic mass is 10.4. The molecule has 4 nitrogen and oxygen atoms in total. The molecule has 0 saturated heterocycles. The highest BCUT2D eigenvalue weighted by molar-refractivity contribution is 7.99. The zero-order chi connectivity index (χ0) is 13.4. The quantitative estimate of drug-likeness (QED) is 0.615. The molecule has 0 atom stereocenters. The minimum absolute atomic E-state index is 0.195. The van der Waals surface area contributed by atoms with Gasteiger partial charge in [-0.3, -0.25) is 4.79 Å². The van der Waals surface area contributed by atoms with Crippen LogP contribution >= 0.6 is 23.4 Å². The Labute approximate surface area is 116 Å². The minimum atomic E-state index is -0.250. The molecule has 0 aromatic carbocycles. The van der Waals surface area contributed by atoms with Crippen molar-refractivity contribution in [3.8, 4) is 12.3 Å². The first-order chi connectivity index (χ1) is 8.70. The van der Waals surface area contributed by atoms with Crippen LogP contribution in [0, 0.1) is 12.3 Å². The molecule has 1 rings (SSSR count). The molecule has 98 valence electrons. The van der Waals surface area contributed by atoms with Crippen LogP contribution in [0.2, 0.25) is 5.02 Å². The fraction of sp³-hybridized carbons (Fsp3) is 0.500. The highest BCUT2D eigenvalue weighted by Crippen LogP contribution is 2.15. The van der Waals surface area contributed by atoms with E-state index in [9.17, 15) is 4.79 Å². The van der Waals surface area contributed by atoms with E-state index in [0.717, 1.165) is 12.2 Å². The second-order valence-electron chi connectivity index (χ2n) is 3.58. The number of halogens is 1. The smallest absolute Gasteiger partial charge is 0.287 e. The Balaban J connectivity index is 2.60. The van der Waals surface area contributed by atoms with Crippen molar-refractivity contribution in [2.24, 2.45) is 0 Å². The number of rotatable bonds is 7. The molecule has 0 saturated carbocycles. The van der Waals surface area contributed by atoms with E-state index in [1.807, 2.05) is 6.92 Å². The van der Waals surface area contributed by atoms with Gasteiger partial charge in [0.05, 0.1) is 17.6 Å². The normalized spacial score (nSPS) is 10.1. The van der Waals surface area contributed by atoms with Gasteiger partial charge in [0.25, 0.3) is 5.56 Å². The molecule has 0 fully saturated rings. The number of nitrogens with one attached hydrogen (secondary N) is 1. The Kier molecular flexibility index (Phi) is 6.69. The lowest BCUT2D eigenvalue weighted by Gasteiger charge is -2.09. The summed E-state index contributed by atoms with van der Waals surface area (Å²) in [7, 11) is 0. The van der Waals surface area contributed by atoms with Gasteiger partial charge in [0.2, 0.25) is 0 Å². The van der Waals surface area contributed by atoms with Crippen molar-refractivity contribution in [2.75, 3.05) is 23.4 Å². The zero-order valence-corrected chi connectivity index (χ0v) is 11.9. The van der Waals surface area contributed by atoms with E-state index in [-0.39, 0.29) is 10.6 Å². The van der Waals surface area contributed by atoms with Crippen LogP contribution in [0.5, 0.6) is 0 Å². The molecule has 1 N–H and O–H groups in total. The van der Waals surface area contributed by atoms with E-state index in [4.69, 9.17) is 18.0 Å². The van der Waals surface area contributed by atoms with Gasteiger partial charge in [0, 0.05) is 18.8 Å². The van der Waals surface area contributed by atoms with Crippen LogP contribution in [0.25, 0.3) is 0 Å². The van der Waals surface area contributed by atoms with E-state index in [2.05, 4.69) is 16.3 Å². The zero-order valence-electron chi connectivity index (χ0n) is 10.3. The van der Waals surface area contributed by atoms with E-state index in [0.29, 0.717) is 24.5 Å². The number of thioether (sulfide) groups is 1. The van der Waals surface area contributed by atoms with Crippen molar-refractivity contribution >= 4 is 29.1 Å². The summed E-state index contributed by atoms with van der Waals surface area (Å²) >= 11 is 7.65. The van der Waals surface area contributed by atoms with Gasteiger partial charge >= 0.3 is 0 Å². The fourth-order valence-electron chi connectivity index (χ4n) is 1.35. The van der Waals surface area contributed by atoms with Crippen LogP contribution in [0.15, 0.2) is 11.0 Å². The standard InChI is InChI=1S/C12H16ClN3OS/c1-3-6-16-12(17)11(13)10(9-15-16)14-5-8-18-7-4-2/h2,9,14H,3,5-8H2,1H3. The summed E-state index contributed by atoms with van der Waals surface area (Å²) in [5, 5.41) is 7.34. The van der Waals surface area contributed by atoms with Gasteiger partial charge in [-0.25, -0.2) is 4.68 Å². The fourth-order valence-corrected chi connectivity index (χ4v) is 2.07. The van der Waals surface area contributed by atoms with Crippen LogP contribution < -0.4 is 10.9 Å². The lowest BCUT2D eigenvalue weighted by Crippen LogP contribution is -2.24. The molecule has 0 radical (unpaired) electrons. The summed E-state index contributed by atoms with van der Waals surface area (Å²) in [6.45, 7) is 3.26. The average Bonchev–Trinajstić information content (AvgIpc) is 2.37. The molecular formula is C12H16ClN3OS. The van der Waals surface area contributed by atoms with Crippen LogP contribution in [0.1, 0.15) is 13.3 Å². The maximum absolute atomic E-state index is 11.8. The number of terminal acetylenes is 1. The molecule has 0 amide bonds. The first-order valence-corrected chi connectivity index (χ1v) is 7.24. The lowest BCUT2D eigenvalue weighted by molar-refractivity contribution is 0.568. The van der Waals surface area contributed by atoms with Gasteiger partial charge in [-0.15, -0.1) is 18.2 Å². The third-order valence-corrected chi connectivity index (χ3v) is 3.40. The Hall–Kier alpha value is -1.12. The Morgan fingerprint density at radius 2 is 2.44 bits per heavy atom. The van der Waals surface area contributed by atoms with Crippen LogP contribution in [-0.2, 0) is 6.54 Å². The summed E-state index contributed by atoms with van der Waals surface area (Å²) in [4.78, 5) is 11.8. The van der Waals surface area contributed by atoms with Crippen molar-refractivity contribution in [3.63, 3.8) is 0 Å². The monoisotopic (exact) mass is 285 g/mol. The first kappa shape index (κ1) is 14.9.